The van der Waals surface area contributed by atoms with Crippen molar-refractivity contribution in [2.45, 2.75) is 6.10 Å². The molecule has 0 saturated heterocycles. The van der Waals surface area contributed by atoms with Crippen LogP contribution in [0.2, 0.25) is 0 Å². The Morgan fingerprint density at radius 2 is 0.750 bits per heavy atom. The summed E-state index contributed by atoms with van der Waals surface area (Å²) in [5, 5.41) is 26.6. The summed E-state index contributed by atoms with van der Waals surface area (Å²) in [4.78, 5) is 0. The molecule has 0 heterocycles. The molecule has 0 fully saturated rings. The molecule has 3 N–H and O–H groups in total. The van der Waals surface area contributed by atoms with Crippen LogP contribution >= 0.6 is 0 Å². The van der Waals surface area contributed by atoms with Crippen LogP contribution in [0.25, 0.3) is 0 Å². The lowest BCUT2D eigenvalue weighted by atomic mass is 10.4. The summed E-state index contributed by atoms with van der Waals surface area (Å²) >= 11 is 0. The average molecular weight is 356 g/mol. The van der Waals surface area contributed by atoms with Gasteiger partial charge in [-0.2, -0.15) is 0 Å². The predicted molar refractivity (Wildman–Crippen MR) is 85.1 cm³/mol. The first kappa shape index (κ1) is 23.6. The van der Waals surface area contributed by atoms with Gasteiger partial charge in [0.1, 0.15) is 6.10 Å². The highest BCUT2D eigenvalue weighted by molar-refractivity contribution is 4.51. The van der Waals surface area contributed by atoms with E-state index >= 15 is 0 Å². The summed E-state index contributed by atoms with van der Waals surface area (Å²) in [5.41, 5.74) is 0. The number of aliphatic hydroxyl groups is 3. The van der Waals surface area contributed by atoms with Gasteiger partial charge in [-0.3, -0.25) is 0 Å². The van der Waals surface area contributed by atoms with Crippen molar-refractivity contribution in [1.29, 1.82) is 0 Å². The molecule has 0 unspecified atom stereocenters. The monoisotopic (exact) mass is 356 g/mol. The molecule has 0 aromatic rings. The van der Waals surface area contributed by atoms with Crippen molar-refractivity contribution in [3.05, 3.63) is 0 Å². The highest BCUT2D eigenvalue weighted by Crippen LogP contribution is 1.89. The SMILES string of the molecule is OCCOCCOCCOCC(O)COCCOCCOCCO. The number of hydrogen-bond donors (Lipinski definition) is 3. The van der Waals surface area contributed by atoms with Crippen LogP contribution in [0.5, 0.6) is 0 Å². The van der Waals surface area contributed by atoms with Crippen LogP contribution in [0.3, 0.4) is 0 Å². The fourth-order valence-corrected chi connectivity index (χ4v) is 1.50. The fraction of sp³-hybridized carbons (Fsp3) is 1.00. The van der Waals surface area contributed by atoms with Crippen LogP contribution < -0.4 is 0 Å². The van der Waals surface area contributed by atoms with Gasteiger partial charge in [0.15, 0.2) is 0 Å². The van der Waals surface area contributed by atoms with Gasteiger partial charge in [0.2, 0.25) is 0 Å². The number of aliphatic hydroxyl groups excluding tert-OH is 3. The van der Waals surface area contributed by atoms with Crippen molar-refractivity contribution in [3.8, 4) is 0 Å². The van der Waals surface area contributed by atoms with Crippen molar-refractivity contribution < 1.29 is 43.7 Å². The molecule has 0 saturated carbocycles. The van der Waals surface area contributed by atoms with E-state index < -0.39 is 6.10 Å². The quantitative estimate of drug-likeness (QED) is 0.223. The van der Waals surface area contributed by atoms with E-state index in [9.17, 15) is 5.11 Å². The van der Waals surface area contributed by atoms with E-state index in [1.165, 1.54) is 0 Å². The minimum Gasteiger partial charge on any atom is -0.394 e. The third-order valence-corrected chi connectivity index (χ3v) is 2.58. The van der Waals surface area contributed by atoms with Gasteiger partial charge < -0.3 is 43.7 Å². The molecule has 0 radical (unpaired) electrons. The fourth-order valence-electron chi connectivity index (χ4n) is 1.50. The van der Waals surface area contributed by atoms with Gasteiger partial charge in [-0.25, -0.2) is 0 Å². The summed E-state index contributed by atoms with van der Waals surface area (Å²) < 4.78 is 31.0. The summed E-state index contributed by atoms with van der Waals surface area (Å²) in [6.07, 6.45) is -0.689. The Labute approximate surface area is 143 Å². The van der Waals surface area contributed by atoms with Gasteiger partial charge in [-0.05, 0) is 0 Å². The lowest BCUT2D eigenvalue weighted by Gasteiger charge is -2.12. The number of ether oxygens (including phenoxy) is 6. The molecule has 0 aromatic heterocycles. The largest absolute Gasteiger partial charge is 0.394 e. The molecule has 146 valence electrons. The Kier molecular flexibility index (Phi) is 20.4. The molecule has 24 heavy (non-hydrogen) atoms. The van der Waals surface area contributed by atoms with E-state index in [1.54, 1.807) is 0 Å². The lowest BCUT2D eigenvalue weighted by molar-refractivity contribution is -0.0477. The van der Waals surface area contributed by atoms with Gasteiger partial charge >= 0.3 is 0 Å². The molecular formula is C15H32O9. The number of hydrogen-bond acceptors (Lipinski definition) is 9. The molecule has 0 aromatic carbocycles. The van der Waals surface area contributed by atoms with E-state index in [4.69, 9.17) is 38.6 Å². The van der Waals surface area contributed by atoms with Crippen LogP contribution in [0.4, 0.5) is 0 Å². The second kappa shape index (κ2) is 20.7. The molecule has 0 aliphatic carbocycles. The molecule has 0 bridgehead atoms. The molecule has 0 aliphatic heterocycles. The molecule has 0 rings (SSSR count). The first-order chi connectivity index (χ1) is 11.8. The third-order valence-electron chi connectivity index (χ3n) is 2.58. The Bertz CT molecular complexity index is 209. The minimum absolute atomic E-state index is 0.00817. The van der Waals surface area contributed by atoms with E-state index in [0.717, 1.165) is 0 Å². The second-order valence-corrected chi connectivity index (χ2v) is 4.70. The molecule has 0 amide bonds. The van der Waals surface area contributed by atoms with Crippen LogP contribution in [0, 0.1) is 0 Å². The van der Waals surface area contributed by atoms with E-state index in [2.05, 4.69) is 0 Å². The molecule has 0 spiro atoms. The second-order valence-electron chi connectivity index (χ2n) is 4.70. The molecule has 9 heteroatoms. The Hall–Kier alpha value is -0.360. The normalized spacial score (nSPS) is 11.5. The highest BCUT2D eigenvalue weighted by Gasteiger charge is 2.04. The zero-order valence-electron chi connectivity index (χ0n) is 14.3. The van der Waals surface area contributed by atoms with E-state index in [-0.39, 0.29) is 26.4 Å². The predicted octanol–water partition coefficient (Wildman–Crippen LogP) is -1.57. The van der Waals surface area contributed by atoms with Crippen molar-refractivity contribution in [1.82, 2.24) is 0 Å². The Morgan fingerprint density at radius 3 is 1.08 bits per heavy atom. The van der Waals surface area contributed by atoms with Crippen LogP contribution in [-0.2, 0) is 28.4 Å². The van der Waals surface area contributed by atoms with E-state index in [1.807, 2.05) is 0 Å². The smallest absolute Gasteiger partial charge is 0.101 e. The van der Waals surface area contributed by atoms with Crippen LogP contribution in [0.1, 0.15) is 0 Å². The summed E-state index contributed by atoms with van der Waals surface area (Å²) in [6.45, 7) is 4.37. The lowest BCUT2D eigenvalue weighted by Crippen LogP contribution is -2.24. The van der Waals surface area contributed by atoms with Crippen molar-refractivity contribution in [2.75, 3.05) is 92.5 Å². The summed E-state index contributed by atoms with van der Waals surface area (Å²) in [7, 11) is 0. The van der Waals surface area contributed by atoms with Gasteiger partial charge in [-0.1, -0.05) is 0 Å². The average Bonchev–Trinajstić information content (AvgIpc) is 2.59. The molecule has 0 atom stereocenters. The maximum Gasteiger partial charge on any atom is 0.101 e. The topological polar surface area (TPSA) is 116 Å². The molecular weight excluding hydrogens is 324 g/mol. The molecule has 9 nitrogen and oxygen atoms in total. The van der Waals surface area contributed by atoms with Gasteiger partial charge in [0, 0.05) is 0 Å². The Morgan fingerprint density at radius 1 is 0.458 bits per heavy atom. The van der Waals surface area contributed by atoms with Crippen LogP contribution in [-0.4, -0.2) is 114 Å². The first-order valence-electron chi connectivity index (χ1n) is 8.17. The van der Waals surface area contributed by atoms with Crippen molar-refractivity contribution in [3.63, 3.8) is 0 Å². The van der Waals surface area contributed by atoms with Crippen molar-refractivity contribution in [2.24, 2.45) is 0 Å². The van der Waals surface area contributed by atoms with Gasteiger partial charge in [0.05, 0.1) is 92.5 Å². The van der Waals surface area contributed by atoms with Crippen LogP contribution in [0.15, 0.2) is 0 Å². The van der Waals surface area contributed by atoms with Crippen molar-refractivity contribution >= 4 is 0 Å². The summed E-state index contributed by atoms with van der Waals surface area (Å²) in [6, 6.07) is 0. The number of rotatable bonds is 20. The third kappa shape index (κ3) is 19.7. The zero-order chi connectivity index (χ0) is 17.7. The Balaban J connectivity index is 3.12. The van der Waals surface area contributed by atoms with E-state index in [0.29, 0.717) is 66.1 Å². The van der Waals surface area contributed by atoms with Gasteiger partial charge in [0.25, 0.3) is 0 Å². The maximum atomic E-state index is 9.63. The minimum atomic E-state index is -0.689. The maximum absolute atomic E-state index is 9.63. The zero-order valence-corrected chi connectivity index (χ0v) is 14.3. The molecule has 0 aliphatic rings. The summed E-state index contributed by atoms with van der Waals surface area (Å²) in [5.74, 6) is 0. The standard InChI is InChI=1S/C15H32O9/c16-1-3-19-5-7-21-9-11-23-13-15(18)14-24-12-10-22-8-6-20-4-2-17/h15-18H,1-14H2. The first-order valence-corrected chi connectivity index (χ1v) is 8.17. The van der Waals surface area contributed by atoms with Gasteiger partial charge in [-0.15, -0.1) is 0 Å². The highest BCUT2D eigenvalue weighted by atomic mass is 16.6.